The Hall–Kier alpha value is -1.58. The van der Waals surface area contributed by atoms with Crippen molar-refractivity contribution in [3.63, 3.8) is 0 Å². The second kappa shape index (κ2) is 5.96. The third-order valence-corrected chi connectivity index (χ3v) is 1.51. The molecule has 0 aromatic carbocycles. The summed E-state index contributed by atoms with van der Waals surface area (Å²) in [6.07, 6.45) is 2.82. The minimum Gasteiger partial charge on any atom is -0.481 e. The Balaban J connectivity index is 4.47. The molecule has 1 unspecified atom stereocenters. The summed E-state index contributed by atoms with van der Waals surface area (Å²) in [5.41, 5.74) is 0.754. The number of methoxy groups -OCH3 is 1. The molecule has 4 heteroatoms. The summed E-state index contributed by atoms with van der Waals surface area (Å²) in [5, 5.41) is 8.53. The second-order valence-electron chi connectivity index (χ2n) is 2.93. The Morgan fingerprint density at radius 1 is 1.57 bits per heavy atom. The van der Waals surface area contributed by atoms with Gasteiger partial charge in [0.05, 0.1) is 19.4 Å². The largest absolute Gasteiger partial charge is 0.481 e. The molecule has 0 radical (unpaired) electrons. The Kier molecular flexibility index (Phi) is 5.29. The van der Waals surface area contributed by atoms with Crippen LogP contribution < -0.4 is 0 Å². The van der Waals surface area contributed by atoms with Crippen LogP contribution in [0.4, 0.5) is 0 Å². The Labute approximate surface area is 82.9 Å². The standard InChI is InChI=1S/C10H14O4/c1-7(2)4-5-8(6-9(11)12)10(13)14-3/h4-5,8H,1,6H2,2-3H3,(H,11,12). The first kappa shape index (κ1) is 12.4. The van der Waals surface area contributed by atoms with Crippen LogP contribution >= 0.6 is 0 Å². The molecule has 0 aliphatic rings. The normalized spacial score (nSPS) is 12.4. The molecular formula is C10H14O4. The fourth-order valence-corrected chi connectivity index (χ4v) is 0.850. The molecule has 1 atom stereocenters. The molecule has 0 spiro atoms. The van der Waals surface area contributed by atoms with Crippen LogP contribution in [0, 0.1) is 5.92 Å². The molecule has 0 rings (SSSR count). The molecule has 1 N–H and O–H groups in total. The summed E-state index contributed by atoms with van der Waals surface area (Å²) < 4.78 is 4.46. The van der Waals surface area contributed by atoms with E-state index < -0.39 is 17.9 Å². The second-order valence-corrected chi connectivity index (χ2v) is 2.93. The highest BCUT2D eigenvalue weighted by molar-refractivity contribution is 5.80. The number of hydrogen-bond donors (Lipinski definition) is 1. The number of carbonyl (C=O) groups excluding carboxylic acids is 1. The SMILES string of the molecule is C=C(C)C=CC(CC(=O)O)C(=O)OC. The highest BCUT2D eigenvalue weighted by atomic mass is 16.5. The van der Waals surface area contributed by atoms with Crippen LogP contribution in [0.3, 0.4) is 0 Å². The first-order valence-corrected chi connectivity index (χ1v) is 4.10. The average molecular weight is 198 g/mol. The van der Waals surface area contributed by atoms with Crippen LogP contribution in [0.25, 0.3) is 0 Å². The predicted octanol–water partition coefficient (Wildman–Crippen LogP) is 1.38. The van der Waals surface area contributed by atoms with E-state index in [1.54, 1.807) is 13.0 Å². The van der Waals surface area contributed by atoms with Crippen molar-refractivity contribution < 1.29 is 19.4 Å². The number of esters is 1. The van der Waals surface area contributed by atoms with Gasteiger partial charge in [-0.15, -0.1) is 0 Å². The van der Waals surface area contributed by atoms with Gasteiger partial charge in [-0.2, -0.15) is 0 Å². The van der Waals surface area contributed by atoms with Gasteiger partial charge >= 0.3 is 11.9 Å². The van der Waals surface area contributed by atoms with Crippen molar-refractivity contribution in [3.8, 4) is 0 Å². The van der Waals surface area contributed by atoms with Gasteiger partial charge in [0.25, 0.3) is 0 Å². The van der Waals surface area contributed by atoms with Crippen LogP contribution in [0.2, 0.25) is 0 Å². The van der Waals surface area contributed by atoms with Crippen LogP contribution in [-0.2, 0) is 14.3 Å². The molecule has 0 aromatic rings. The van der Waals surface area contributed by atoms with Gasteiger partial charge < -0.3 is 9.84 Å². The molecule has 0 bridgehead atoms. The topological polar surface area (TPSA) is 63.6 Å². The molecule has 14 heavy (non-hydrogen) atoms. The summed E-state index contributed by atoms with van der Waals surface area (Å²) in [5.74, 6) is -2.33. The highest BCUT2D eigenvalue weighted by Gasteiger charge is 2.18. The summed E-state index contributed by atoms with van der Waals surface area (Å²) in [7, 11) is 1.23. The smallest absolute Gasteiger partial charge is 0.313 e. The van der Waals surface area contributed by atoms with Gasteiger partial charge in [-0.05, 0) is 6.92 Å². The molecule has 0 aliphatic carbocycles. The van der Waals surface area contributed by atoms with Crippen molar-refractivity contribution in [3.05, 3.63) is 24.3 Å². The summed E-state index contributed by atoms with van der Waals surface area (Å²) in [6, 6.07) is 0. The van der Waals surface area contributed by atoms with E-state index in [1.165, 1.54) is 13.2 Å². The van der Waals surface area contributed by atoms with Crippen LogP contribution in [0.5, 0.6) is 0 Å². The van der Waals surface area contributed by atoms with Gasteiger partial charge in [0.2, 0.25) is 0 Å². The molecule has 0 fully saturated rings. The van der Waals surface area contributed by atoms with Gasteiger partial charge in [0, 0.05) is 0 Å². The lowest BCUT2D eigenvalue weighted by atomic mass is 10.0. The maximum Gasteiger partial charge on any atom is 0.313 e. The molecule has 0 aromatic heterocycles. The molecule has 0 saturated heterocycles. The fourth-order valence-electron chi connectivity index (χ4n) is 0.850. The van der Waals surface area contributed by atoms with Crippen molar-refractivity contribution in [2.24, 2.45) is 5.92 Å². The fraction of sp³-hybridized carbons (Fsp3) is 0.400. The molecular weight excluding hydrogens is 184 g/mol. The average Bonchev–Trinajstić information content (AvgIpc) is 2.10. The van der Waals surface area contributed by atoms with Crippen molar-refractivity contribution in [1.82, 2.24) is 0 Å². The maximum atomic E-state index is 11.1. The lowest BCUT2D eigenvalue weighted by Crippen LogP contribution is -2.17. The minimum absolute atomic E-state index is 0.267. The van der Waals surface area contributed by atoms with E-state index in [-0.39, 0.29) is 6.42 Å². The van der Waals surface area contributed by atoms with Gasteiger partial charge in [0.1, 0.15) is 0 Å². The lowest BCUT2D eigenvalue weighted by molar-refractivity contribution is -0.148. The van der Waals surface area contributed by atoms with E-state index in [0.29, 0.717) is 0 Å². The third-order valence-electron chi connectivity index (χ3n) is 1.51. The van der Waals surface area contributed by atoms with Crippen molar-refractivity contribution in [2.45, 2.75) is 13.3 Å². The minimum atomic E-state index is -1.04. The first-order chi connectivity index (χ1) is 6.47. The Morgan fingerprint density at radius 3 is 2.50 bits per heavy atom. The number of rotatable bonds is 5. The van der Waals surface area contributed by atoms with E-state index in [0.717, 1.165) is 5.57 Å². The Morgan fingerprint density at radius 2 is 2.14 bits per heavy atom. The lowest BCUT2D eigenvalue weighted by Gasteiger charge is -2.06. The van der Waals surface area contributed by atoms with Crippen molar-refractivity contribution in [2.75, 3.05) is 7.11 Å². The summed E-state index contributed by atoms with van der Waals surface area (Å²) in [4.78, 5) is 21.5. The zero-order valence-electron chi connectivity index (χ0n) is 8.32. The molecule has 0 aliphatic heterocycles. The summed E-state index contributed by atoms with van der Waals surface area (Å²) in [6.45, 7) is 5.36. The number of ether oxygens (including phenoxy) is 1. The number of hydrogen-bond acceptors (Lipinski definition) is 3. The molecule has 0 heterocycles. The van der Waals surface area contributed by atoms with Crippen molar-refractivity contribution >= 4 is 11.9 Å². The number of carboxylic acid groups (broad SMARTS) is 1. The predicted molar refractivity (Wildman–Crippen MR) is 51.7 cm³/mol. The van der Waals surface area contributed by atoms with E-state index in [9.17, 15) is 9.59 Å². The van der Waals surface area contributed by atoms with Crippen LogP contribution in [0.15, 0.2) is 24.3 Å². The first-order valence-electron chi connectivity index (χ1n) is 4.10. The monoisotopic (exact) mass is 198 g/mol. The number of carboxylic acids is 1. The zero-order chi connectivity index (χ0) is 11.1. The molecule has 78 valence electrons. The van der Waals surface area contributed by atoms with E-state index >= 15 is 0 Å². The van der Waals surface area contributed by atoms with Crippen molar-refractivity contribution in [1.29, 1.82) is 0 Å². The number of carbonyl (C=O) groups is 2. The molecule has 0 amide bonds. The van der Waals surface area contributed by atoms with Gasteiger partial charge in [0.15, 0.2) is 0 Å². The molecule has 4 nitrogen and oxygen atoms in total. The maximum absolute atomic E-state index is 11.1. The van der Waals surface area contributed by atoms with Gasteiger partial charge in [-0.1, -0.05) is 24.3 Å². The summed E-state index contributed by atoms with van der Waals surface area (Å²) >= 11 is 0. The number of aliphatic carboxylic acids is 1. The quantitative estimate of drug-likeness (QED) is 0.535. The van der Waals surface area contributed by atoms with Crippen LogP contribution in [-0.4, -0.2) is 24.2 Å². The Bertz CT molecular complexity index is 265. The third kappa shape index (κ3) is 5.13. The van der Waals surface area contributed by atoms with E-state index in [1.807, 2.05) is 0 Å². The zero-order valence-corrected chi connectivity index (χ0v) is 8.32. The highest BCUT2D eigenvalue weighted by Crippen LogP contribution is 2.09. The van der Waals surface area contributed by atoms with Gasteiger partial charge in [-0.3, -0.25) is 9.59 Å². The van der Waals surface area contributed by atoms with Gasteiger partial charge in [-0.25, -0.2) is 0 Å². The van der Waals surface area contributed by atoms with E-state index in [2.05, 4.69) is 11.3 Å². The van der Waals surface area contributed by atoms with E-state index in [4.69, 9.17) is 5.11 Å². The number of allylic oxidation sites excluding steroid dienone is 2. The molecule has 0 saturated carbocycles. The van der Waals surface area contributed by atoms with Crippen LogP contribution in [0.1, 0.15) is 13.3 Å².